The van der Waals surface area contributed by atoms with E-state index in [4.69, 9.17) is 21.1 Å². The van der Waals surface area contributed by atoms with E-state index in [0.29, 0.717) is 72.3 Å². The van der Waals surface area contributed by atoms with Gasteiger partial charge in [-0.25, -0.2) is 13.0 Å². The van der Waals surface area contributed by atoms with E-state index in [-0.39, 0.29) is 23.9 Å². The molecule has 12 heteroatoms. The first-order valence-electron chi connectivity index (χ1n) is 13.6. The van der Waals surface area contributed by atoms with Crippen molar-refractivity contribution in [2.45, 2.75) is 4.90 Å². The lowest BCUT2D eigenvalue weighted by atomic mass is 10.1. The Hall–Kier alpha value is -3.74. The Morgan fingerprint density at radius 1 is 0.833 bits per heavy atom. The van der Waals surface area contributed by atoms with E-state index >= 15 is 0 Å². The summed E-state index contributed by atoms with van der Waals surface area (Å²) < 4.78 is 39.8. The number of aromatic nitrogens is 1. The smallest absolute Gasteiger partial charge is 0.265 e. The number of aliphatic imine (C=N–C) groups is 1. The number of hydrogen-bond acceptors (Lipinski definition) is 8. The van der Waals surface area contributed by atoms with E-state index in [1.165, 1.54) is 27.2 Å². The molecular formula is C30H29ClN4O6S. The van der Waals surface area contributed by atoms with E-state index < -0.39 is 15.6 Å². The van der Waals surface area contributed by atoms with Gasteiger partial charge in [0.15, 0.2) is 0 Å². The Labute approximate surface area is 248 Å². The number of morpholine rings is 2. The maximum Gasteiger partial charge on any atom is 0.265 e. The van der Waals surface area contributed by atoms with Crippen LogP contribution in [0.5, 0.6) is 5.88 Å². The normalized spacial score (nSPS) is 16.8. The van der Waals surface area contributed by atoms with Crippen molar-refractivity contribution in [2.75, 3.05) is 57.5 Å². The summed E-state index contributed by atoms with van der Waals surface area (Å²) in [7, 11) is -3.72. The van der Waals surface area contributed by atoms with Crippen LogP contribution in [0.4, 0.5) is 11.4 Å². The molecule has 2 saturated heterocycles. The minimum absolute atomic E-state index is 0.118. The molecule has 42 heavy (non-hydrogen) atoms. The molecule has 0 bridgehead atoms. The summed E-state index contributed by atoms with van der Waals surface area (Å²) in [5.74, 6) is -0.309. The summed E-state index contributed by atoms with van der Waals surface area (Å²) >= 11 is 6.39. The van der Waals surface area contributed by atoms with Crippen LogP contribution in [0, 0.1) is 0 Å². The van der Waals surface area contributed by atoms with E-state index in [2.05, 4.69) is 9.89 Å². The topological polar surface area (TPSA) is 114 Å². The first kappa shape index (κ1) is 28.4. The van der Waals surface area contributed by atoms with Gasteiger partial charge in [-0.15, -0.1) is 0 Å². The molecule has 10 nitrogen and oxygen atoms in total. The lowest BCUT2D eigenvalue weighted by Gasteiger charge is -2.31. The number of benzene rings is 3. The Balaban J connectivity index is 1.46. The Bertz CT molecular complexity index is 1830. The van der Waals surface area contributed by atoms with Gasteiger partial charge in [-0.2, -0.15) is 4.31 Å². The van der Waals surface area contributed by atoms with Crippen LogP contribution < -0.4 is 10.5 Å². The van der Waals surface area contributed by atoms with Crippen molar-refractivity contribution >= 4 is 50.0 Å². The summed E-state index contributed by atoms with van der Waals surface area (Å²) in [5, 5.41) is 12.9. The number of anilines is 1. The van der Waals surface area contributed by atoms with E-state index in [9.17, 15) is 18.3 Å². The third kappa shape index (κ3) is 5.41. The van der Waals surface area contributed by atoms with Gasteiger partial charge in [0, 0.05) is 48.2 Å². The fraction of sp³-hybridized carbons (Fsp3) is 0.267. The molecule has 4 aromatic rings. The molecule has 3 aromatic carbocycles. The standard InChI is InChI=1S/C30H29ClN4O6S/c31-21-8-9-27(33-10-14-40-15-11-33)28(18-21)35-29(36)25-7-2-1-6-24(25)26(30(35)37)20-32-22-4-3-5-23(19-22)42(38,39)34-12-16-41-17-13-34/h1-9,18-20,37H,10-17H2. The second-order valence-electron chi connectivity index (χ2n) is 9.93. The lowest BCUT2D eigenvalue weighted by Crippen LogP contribution is -2.40. The first-order valence-corrected chi connectivity index (χ1v) is 15.4. The second-order valence-corrected chi connectivity index (χ2v) is 12.3. The zero-order valence-corrected chi connectivity index (χ0v) is 24.2. The molecule has 0 amide bonds. The Morgan fingerprint density at radius 3 is 2.26 bits per heavy atom. The number of fused-ring (bicyclic) bond motifs is 1. The Morgan fingerprint density at radius 2 is 1.52 bits per heavy atom. The zero-order chi connectivity index (χ0) is 29.3. The van der Waals surface area contributed by atoms with Gasteiger partial charge in [-0.05, 0) is 42.5 Å². The van der Waals surface area contributed by atoms with Gasteiger partial charge in [0.25, 0.3) is 5.56 Å². The molecular weight excluding hydrogens is 580 g/mol. The number of hydrogen-bond donors (Lipinski definition) is 1. The SMILES string of the molecule is O=c1c2ccccc2c(C=Nc2cccc(S(=O)(=O)N3CCOCC3)c2)c(O)n1-c1cc(Cl)ccc1N1CCOCC1. The molecule has 0 atom stereocenters. The van der Waals surface area contributed by atoms with Gasteiger partial charge >= 0.3 is 0 Å². The quantitative estimate of drug-likeness (QED) is 0.330. The summed E-state index contributed by atoms with van der Waals surface area (Å²) in [5.41, 5.74) is 1.45. The number of pyridine rings is 1. The predicted molar refractivity (Wildman–Crippen MR) is 163 cm³/mol. The van der Waals surface area contributed by atoms with Crippen LogP contribution in [0.3, 0.4) is 0 Å². The maximum absolute atomic E-state index is 13.8. The lowest BCUT2D eigenvalue weighted by molar-refractivity contribution is 0.0730. The summed E-state index contributed by atoms with van der Waals surface area (Å²) in [4.78, 5) is 20.6. The van der Waals surface area contributed by atoms with E-state index in [1.54, 1.807) is 48.5 Å². The Kier molecular flexibility index (Phi) is 8.02. The van der Waals surface area contributed by atoms with Crippen molar-refractivity contribution in [3.63, 3.8) is 0 Å². The number of halogens is 1. The molecule has 3 heterocycles. The highest BCUT2D eigenvalue weighted by Crippen LogP contribution is 2.33. The van der Waals surface area contributed by atoms with Crippen LogP contribution in [-0.4, -0.2) is 81.2 Å². The number of aromatic hydroxyl groups is 1. The van der Waals surface area contributed by atoms with Crippen LogP contribution in [0.1, 0.15) is 5.56 Å². The van der Waals surface area contributed by atoms with E-state index in [1.807, 2.05) is 6.07 Å². The second kappa shape index (κ2) is 11.9. The summed E-state index contributed by atoms with van der Waals surface area (Å²) in [6.07, 6.45) is 1.45. The van der Waals surface area contributed by atoms with Gasteiger partial charge in [0.1, 0.15) is 0 Å². The minimum Gasteiger partial charge on any atom is -0.494 e. The monoisotopic (exact) mass is 608 g/mol. The maximum atomic E-state index is 13.8. The molecule has 6 rings (SSSR count). The van der Waals surface area contributed by atoms with Crippen LogP contribution in [-0.2, 0) is 19.5 Å². The molecule has 2 aliphatic rings. The van der Waals surface area contributed by atoms with Gasteiger partial charge in [-0.3, -0.25) is 9.79 Å². The molecule has 0 unspecified atom stereocenters. The fourth-order valence-electron chi connectivity index (χ4n) is 5.26. The van der Waals surface area contributed by atoms with Gasteiger partial charge < -0.3 is 19.5 Å². The average molecular weight is 609 g/mol. The van der Waals surface area contributed by atoms with Crippen LogP contribution >= 0.6 is 11.6 Å². The molecule has 0 aliphatic carbocycles. The van der Waals surface area contributed by atoms with Crippen molar-refractivity contribution < 1.29 is 23.0 Å². The highest BCUT2D eigenvalue weighted by Gasteiger charge is 2.27. The average Bonchev–Trinajstić information content (AvgIpc) is 3.02. The van der Waals surface area contributed by atoms with Gasteiger partial charge in [0.05, 0.1) is 53.9 Å². The van der Waals surface area contributed by atoms with Crippen molar-refractivity contribution in [1.29, 1.82) is 0 Å². The molecule has 0 saturated carbocycles. The third-order valence-electron chi connectivity index (χ3n) is 7.40. The van der Waals surface area contributed by atoms with Crippen molar-refractivity contribution in [3.05, 3.63) is 87.7 Å². The molecule has 2 aliphatic heterocycles. The highest BCUT2D eigenvalue weighted by molar-refractivity contribution is 7.89. The van der Waals surface area contributed by atoms with Crippen molar-refractivity contribution in [3.8, 4) is 11.6 Å². The molecule has 1 N–H and O–H groups in total. The summed E-state index contributed by atoms with van der Waals surface area (Å²) in [6.45, 7) is 3.58. The highest BCUT2D eigenvalue weighted by atomic mass is 35.5. The van der Waals surface area contributed by atoms with Crippen LogP contribution in [0.15, 0.2) is 81.4 Å². The van der Waals surface area contributed by atoms with Crippen molar-refractivity contribution in [1.82, 2.24) is 8.87 Å². The molecule has 218 valence electrons. The molecule has 0 radical (unpaired) electrons. The van der Waals surface area contributed by atoms with Crippen molar-refractivity contribution in [2.24, 2.45) is 4.99 Å². The number of sulfonamides is 1. The fourth-order valence-corrected chi connectivity index (χ4v) is 6.87. The first-order chi connectivity index (χ1) is 20.3. The number of ether oxygens (including phenoxy) is 2. The molecule has 1 aromatic heterocycles. The van der Waals surface area contributed by atoms with Crippen LogP contribution in [0.25, 0.3) is 16.5 Å². The minimum atomic E-state index is -3.72. The number of nitrogens with zero attached hydrogens (tertiary/aromatic N) is 4. The number of rotatable bonds is 6. The predicted octanol–water partition coefficient (Wildman–Crippen LogP) is 3.96. The van der Waals surface area contributed by atoms with Gasteiger partial charge in [-0.1, -0.05) is 35.9 Å². The third-order valence-corrected chi connectivity index (χ3v) is 9.53. The van der Waals surface area contributed by atoms with E-state index in [0.717, 1.165) is 5.69 Å². The zero-order valence-electron chi connectivity index (χ0n) is 22.6. The molecule has 2 fully saturated rings. The summed E-state index contributed by atoms with van der Waals surface area (Å²) in [6, 6.07) is 18.5. The largest absolute Gasteiger partial charge is 0.494 e. The van der Waals surface area contributed by atoms with Crippen LogP contribution in [0.2, 0.25) is 5.02 Å². The molecule has 0 spiro atoms. The van der Waals surface area contributed by atoms with Gasteiger partial charge in [0.2, 0.25) is 15.9 Å².